The van der Waals surface area contributed by atoms with Crippen molar-refractivity contribution >= 4 is 16.9 Å². The van der Waals surface area contributed by atoms with Gasteiger partial charge in [-0.2, -0.15) is 0 Å². The van der Waals surface area contributed by atoms with Crippen LogP contribution in [0.4, 0.5) is 0 Å². The molecule has 2 N–H and O–H groups in total. The van der Waals surface area contributed by atoms with Gasteiger partial charge in [0.2, 0.25) is 0 Å². The topological polar surface area (TPSA) is 79.5 Å². The molecular weight excluding hydrogens is 294 g/mol. The summed E-state index contributed by atoms with van der Waals surface area (Å²) in [7, 11) is 0. The molecule has 1 saturated carbocycles. The molecule has 5 heteroatoms. The highest BCUT2D eigenvalue weighted by atomic mass is 16.4. The molecule has 5 nitrogen and oxygen atoms in total. The number of para-hydroxylation sites is 1. The largest absolute Gasteiger partial charge is 0.422 e. The van der Waals surface area contributed by atoms with Crippen LogP contribution < -0.4 is 10.9 Å². The monoisotopic (exact) mass is 315 g/mol. The van der Waals surface area contributed by atoms with Gasteiger partial charge in [0.15, 0.2) is 0 Å². The zero-order chi connectivity index (χ0) is 16.4. The van der Waals surface area contributed by atoms with Crippen molar-refractivity contribution in [2.24, 2.45) is 5.92 Å². The van der Waals surface area contributed by atoms with Crippen LogP contribution in [0, 0.1) is 12.8 Å². The lowest BCUT2D eigenvalue weighted by molar-refractivity contribution is 0.0837. The van der Waals surface area contributed by atoms with Crippen molar-refractivity contribution in [1.82, 2.24) is 5.32 Å². The minimum atomic E-state index is -0.644. The molecule has 1 aromatic heterocycles. The number of benzene rings is 1. The first-order valence-corrected chi connectivity index (χ1v) is 8.06. The molecule has 0 bridgehead atoms. The standard InChI is InChI=1S/C18H21NO4/c1-11-13-8-4-5-9-15(13)23-18(22)16(11)17(21)19-10-14(20)12-6-2-3-7-12/h4-5,8-9,12,14,20H,2-3,6-7,10H2,1H3,(H,19,21). The molecule has 1 aromatic carbocycles. The number of aliphatic hydroxyl groups is 1. The first kappa shape index (κ1) is 15.7. The predicted molar refractivity (Wildman–Crippen MR) is 87.5 cm³/mol. The van der Waals surface area contributed by atoms with Crippen LogP contribution >= 0.6 is 0 Å². The van der Waals surface area contributed by atoms with Crippen molar-refractivity contribution in [2.45, 2.75) is 38.7 Å². The number of hydrogen-bond donors (Lipinski definition) is 2. The lowest BCUT2D eigenvalue weighted by atomic mass is 10.0. The zero-order valence-electron chi connectivity index (χ0n) is 13.2. The van der Waals surface area contributed by atoms with E-state index in [1.165, 1.54) is 0 Å². The summed E-state index contributed by atoms with van der Waals surface area (Å²) in [5.41, 5.74) is 0.443. The number of amides is 1. The number of carbonyl (C=O) groups excluding carboxylic acids is 1. The van der Waals surface area contributed by atoms with Gasteiger partial charge in [0.05, 0.1) is 6.10 Å². The second kappa shape index (κ2) is 6.54. The highest BCUT2D eigenvalue weighted by molar-refractivity contribution is 5.99. The number of rotatable bonds is 4. The van der Waals surface area contributed by atoms with Crippen LogP contribution in [-0.2, 0) is 0 Å². The molecule has 122 valence electrons. The molecule has 23 heavy (non-hydrogen) atoms. The maximum Gasteiger partial charge on any atom is 0.349 e. The van der Waals surface area contributed by atoms with Gasteiger partial charge in [0.25, 0.3) is 5.91 Å². The van der Waals surface area contributed by atoms with E-state index in [-0.39, 0.29) is 18.0 Å². The molecule has 1 unspecified atom stereocenters. The van der Waals surface area contributed by atoms with E-state index in [1.54, 1.807) is 19.1 Å². The molecule has 2 aromatic rings. The predicted octanol–water partition coefficient (Wildman–Crippen LogP) is 2.38. The van der Waals surface area contributed by atoms with E-state index in [0.29, 0.717) is 11.1 Å². The molecule has 1 aliphatic carbocycles. The molecule has 1 atom stereocenters. The number of aliphatic hydroxyl groups excluding tert-OH is 1. The first-order chi connectivity index (χ1) is 11.1. The van der Waals surface area contributed by atoms with E-state index in [1.807, 2.05) is 12.1 Å². The van der Waals surface area contributed by atoms with Gasteiger partial charge in [-0.25, -0.2) is 4.79 Å². The molecule has 3 rings (SSSR count). The smallest absolute Gasteiger partial charge is 0.349 e. The van der Waals surface area contributed by atoms with Crippen molar-refractivity contribution in [3.8, 4) is 0 Å². The van der Waals surface area contributed by atoms with Gasteiger partial charge in [-0.15, -0.1) is 0 Å². The number of fused-ring (bicyclic) bond motifs is 1. The maximum absolute atomic E-state index is 12.4. The Morgan fingerprint density at radius 1 is 1.35 bits per heavy atom. The van der Waals surface area contributed by atoms with Gasteiger partial charge in [-0.1, -0.05) is 31.0 Å². The molecule has 1 heterocycles. The summed E-state index contributed by atoms with van der Waals surface area (Å²) < 4.78 is 5.22. The third-order valence-electron chi connectivity index (χ3n) is 4.72. The third-order valence-corrected chi connectivity index (χ3v) is 4.72. The lowest BCUT2D eigenvalue weighted by Gasteiger charge is -2.18. The molecule has 1 fully saturated rings. The Hall–Kier alpha value is -2.14. The van der Waals surface area contributed by atoms with Crippen LogP contribution in [0.1, 0.15) is 41.6 Å². The van der Waals surface area contributed by atoms with Gasteiger partial charge in [0, 0.05) is 11.9 Å². The Kier molecular flexibility index (Phi) is 4.48. The molecule has 0 aliphatic heterocycles. The van der Waals surface area contributed by atoms with Crippen molar-refractivity contribution < 1.29 is 14.3 Å². The number of carbonyl (C=O) groups is 1. The highest BCUT2D eigenvalue weighted by Gasteiger charge is 2.25. The van der Waals surface area contributed by atoms with E-state index in [4.69, 9.17) is 4.42 Å². The Morgan fingerprint density at radius 2 is 2.04 bits per heavy atom. The van der Waals surface area contributed by atoms with Crippen LogP contribution in [0.5, 0.6) is 0 Å². The molecule has 0 saturated heterocycles. The van der Waals surface area contributed by atoms with E-state index in [2.05, 4.69) is 5.32 Å². The molecule has 1 aliphatic rings. The van der Waals surface area contributed by atoms with Crippen LogP contribution in [0.2, 0.25) is 0 Å². The summed E-state index contributed by atoms with van der Waals surface area (Å²) in [5, 5.41) is 13.6. The Bertz CT molecular complexity index is 774. The van der Waals surface area contributed by atoms with Gasteiger partial charge in [-0.3, -0.25) is 4.79 Å². The Morgan fingerprint density at radius 3 is 2.78 bits per heavy atom. The second-order valence-electron chi connectivity index (χ2n) is 6.21. The van der Waals surface area contributed by atoms with Gasteiger partial charge < -0.3 is 14.8 Å². The summed E-state index contributed by atoms with van der Waals surface area (Å²) in [6.07, 6.45) is 3.68. The van der Waals surface area contributed by atoms with Crippen LogP contribution in [0.3, 0.4) is 0 Å². The fourth-order valence-corrected chi connectivity index (χ4v) is 3.36. The highest BCUT2D eigenvalue weighted by Crippen LogP contribution is 2.27. The van der Waals surface area contributed by atoms with E-state index in [9.17, 15) is 14.7 Å². The van der Waals surface area contributed by atoms with Crippen LogP contribution in [0.15, 0.2) is 33.5 Å². The minimum Gasteiger partial charge on any atom is -0.422 e. The number of hydrogen-bond acceptors (Lipinski definition) is 4. The van der Waals surface area contributed by atoms with E-state index in [0.717, 1.165) is 31.1 Å². The van der Waals surface area contributed by atoms with E-state index >= 15 is 0 Å². The summed E-state index contributed by atoms with van der Waals surface area (Å²) in [5.74, 6) is -0.247. The minimum absolute atomic E-state index is 0.0160. The van der Waals surface area contributed by atoms with Gasteiger partial charge >= 0.3 is 5.63 Å². The van der Waals surface area contributed by atoms with Crippen LogP contribution in [-0.4, -0.2) is 23.7 Å². The fraction of sp³-hybridized carbons (Fsp3) is 0.444. The average Bonchev–Trinajstić information content (AvgIpc) is 3.07. The van der Waals surface area contributed by atoms with Crippen molar-refractivity contribution in [3.05, 3.63) is 45.8 Å². The summed E-state index contributed by atoms with van der Waals surface area (Å²) >= 11 is 0. The molecular formula is C18H21NO4. The Balaban J connectivity index is 1.79. The third kappa shape index (κ3) is 3.15. The maximum atomic E-state index is 12.4. The van der Waals surface area contributed by atoms with Crippen molar-refractivity contribution in [2.75, 3.05) is 6.54 Å². The first-order valence-electron chi connectivity index (χ1n) is 8.06. The zero-order valence-corrected chi connectivity index (χ0v) is 13.2. The normalized spacial score (nSPS) is 16.6. The number of nitrogens with one attached hydrogen (secondary N) is 1. The average molecular weight is 315 g/mol. The van der Waals surface area contributed by atoms with Crippen molar-refractivity contribution in [3.63, 3.8) is 0 Å². The number of aryl methyl sites for hydroxylation is 1. The summed E-state index contributed by atoms with van der Waals surface area (Å²) in [6, 6.07) is 7.14. The molecule has 1 amide bonds. The quantitative estimate of drug-likeness (QED) is 0.849. The van der Waals surface area contributed by atoms with Gasteiger partial charge in [-0.05, 0) is 37.3 Å². The SMILES string of the molecule is Cc1c(C(=O)NCC(O)C2CCCC2)c(=O)oc2ccccc12. The lowest BCUT2D eigenvalue weighted by Crippen LogP contribution is -2.37. The van der Waals surface area contributed by atoms with Gasteiger partial charge in [0.1, 0.15) is 11.1 Å². The van der Waals surface area contributed by atoms with Crippen molar-refractivity contribution in [1.29, 1.82) is 0 Å². The van der Waals surface area contributed by atoms with Crippen LogP contribution in [0.25, 0.3) is 11.0 Å². The molecule has 0 spiro atoms. The summed E-state index contributed by atoms with van der Waals surface area (Å²) in [6.45, 7) is 1.90. The molecule has 0 radical (unpaired) electrons. The van der Waals surface area contributed by atoms with E-state index < -0.39 is 17.6 Å². The second-order valence-corrected chi connectivity index (χ2v) is 6.21. The Labute approximate surface area is 134 Å². The fourth-order valence-electron chi connectivity index (χ4n) is 3.36. The summed E-state index contributed by atoms with van der Waals surface area (Å²) in [4.78, 5) is 24.5.